The Bertz CT molecular complexity index is 564. The highest BCUT2D eigenvalue weighted by Crippen LogP contribution is 2.18. The van der Waals surface area contributed by atoms with Crippen LogP contribution in [-0.4, -0.2) is 33.9 Å². The minimum Gasteiger partial charge on any atom is -0.381 e. The maximum atomic E-state index is 12.0. The second-order valence-corrected chi connectivity index (χ2v) is 8.14. The molecule has 1 fully saturated rings. The van der Waals surface area contributed by atoms with Gasteiger partial charge in [0.05, 0.1) is 12.4 Å². The van der Waals surface area contributed by atoms with E-state index in [-0.39, 0.29) is 24.3 Å². The molecule has 1 heterocycles. The lowest BCUT2D eigenvalue weighted by Crippen LogP contribution is -2.35. The first-order chi connectivity index (χ1) is 10.4. The zero-order valence-corrected chi connectivity index (χ0v) is 14.1. The Labute approximate surface area is 133 Å². The Hall–Kier alpha value is -0.950. The van der Waals surface area contributed by atoms with Gasteiger partial charge in [0.2, 0.25) is 10.0 Å². The number of hydrogen-bond acceptors (Lipinski definition) is 4. The molecule has 0 spiro atoms. The van der Waals surface area contributed by atoms with Gasteiger partial charge in [-0.2, -0.15) is 0 Å². The number of nitrogens with two attached hydrogens (primary N) is 1. The molecule has 0 radical (unpaired) electrons. The Morgan fingerprint density at radius 2 is 1.91 bits per heavy atom. The van der Waals surface area contributed by atoms with Crippen LogP contribution in [0.5, 0.6) is 0 Å². The van der Waals surface area contributed by atoms with Crippen molar-refractivity contribution in [1.82, 2.24) is 4.72 Å². The molecule has 124 valence electrons. The van der Waals surface area contributed by atoms with Gasteiger partial charge in [-0.05, 0) is 29.4 Å². The van der Waals surface area contributed by atoms with Crippen LogP contribution >= 0.6 is 0 Å². The number of hydrogen-bond donors (Lipinski definition) is 2. The Kier molecular flexibility index (Phi) is 5.97. The SMILES string of the molecule is CC(C)c1ccc(C(N)CNS(=O)(=O)CC2CCOC2)cc1. The van der Waals surface area contributed by atoms with E-state index in [0.29, 0.717) is 19.1 Å². The van der Waals surface area contributed by atoms with Crippen LogP contribution in [0.3, 0.4) is 0 Å². The second-order valence-electron chi connectivity index (χ2n) is 6.29. The molecule has 0 aromatic heterocycles. The fourth-order valence-electron chi connectivity index (χ4n) is 2.55. The van der Waals surface area contributed by atoms with Gasteiger partial charge in [-0.15, -0.1) is 0 Å². The normalized spacial score (nSPS) is 20.5. The third kappa shape index (κ3) is 5.05. The van der Waals surface area contributed by atoms with Gasteiger partial charge >= 0.3 is 0 Å². The van der Waals surface area contributed by atoms with Gasteiger partial charge in [0, 0.05) is 19.2 Å². The summed E-state index contributed by atoms with van der Waals surface area (Å²) in [6.07, 6.45) is 0.809. The highest BCUT2D eigenvalue weighted by atomic mass is 32.2. The standard InChI is InChI=1S/C16H26N2O3S/c1-12(2)14-3-5-15(6-4-14)16(17)9-18-22(19,20)11-13-7-8-21-10-13/h3-6,12-13,16,18H,7-11,17H2,1-2H3. The van der Waals surface area contributed by atoms with Crippen molar-refractivity contribution in [3.8, 4) is 0 Å². The predicted molar refractivity (Wildman–Crippen MR) is 88.2 cm³/mol. The van der Waals surface area contributed by atoms with E-state index in [9.17, 15) is 8.42 Å². The first kappa shape index (κ1) is 17.4. The third-order valence-corrected chi connectivity index (χ3v) is 5.55. The molecule has 6 heteroatoms. The maximum Gasteiger partial charge on any atom is 0.212 e. The van der Waals surface area contributed by atoms with Gasteiger partial charge in [-0.3, -0.25) is 0 Å². The summed E-state index contributed by atoms with van der Waals surface area (Å²) in [7, 11) is -3.30. The molecule has 1 aromatic carbocycles. The molecule has 0 saturated carbocycles. The van der Waals surface area contributed by atoms with Crippen LogP contribution in [0, 0.1) is 5.92 Å². The summed E-state index contributed by atoms with van der Waals surface area (Å²) in [5, 5.41) is 0. The average Bonchev–Trinajstić information content (AvgIpc) is 2.97. The van der Waals surface area contributed by atoms with Crippen LogP contribution in [0.1, 0.15) is 43.4 Å². The van der Waals surface area contributed by atoms with Crippen molar-refractivity contribution in [2.45, 2.75) is 32.2 Å². The van der Waals surface area contributed by atoms with Crippen molar-refractivity contribution < 1.29 is 13.2 Å². The molecule has 5 nitrogen and oxygen atoms in total. The second kappa shape index (κ2) is 7.55. The molecule has 2 atom stereocenters. The molecular weight excluding hydrogens is 300 g/mol. The Morgan fingerprint density at radius 3 is 2.45 bits per heavy atom. The molecular formula is C16H26N2O3S. The molecule has 0 amide bonds. The molecule has 1 aliphatic heterocycles. The molecule has 22 heavy (non-hydrogen) atoms. The van der Waals surface area contributed by atoms with E-state index >= 15 is 0 Å². The number of sulfonamides is 1. The fraction of sp³-hybridized carbons (Fsp3) is 0.625. The summed E-state index contributed by atoms with van der Waals surface area (Å²) in [4.78, 5) is 0. The summed E-state index contributed by atoms with van der Waals surface area (Å²) in [6.45, 7) is 5.67. The summed E-state index contributed by atoms with van der Waals surface area (Å²) in [5.74, 6) is 0.683. The van der Waals surface area contributed by atoms with E-state index in [0.717, 1.165) is 12.0 Å². The first-order valence-corrected chi connectivity index (χ1v) is 9.43. The summed E-state index contributed by atoms with van der Waals surface area (Å²) in [5.41, 5.74) is 8.27. The van der Waals surface area contributed by atoms with E-state index in [2.05, 4.69) is 18.6 Å². The van der Waals surface area contributed by atoms with Crippen LogP contribution in [0.25, 0.3) is 0 Å². The minimum absolute atomic E-state index is 0.0963. The highest BCUT2D eigenvalue weighted by Gasteiger charge is 2.23. The van der Waals surface area contributed by atoms with Crippen LogP contribution in [0.4, 0.5) is 0 Å². The van der Waals surface area contributed by atoms with Crippen molar-refractivity contribution in [2.24, 2.45) is 11.7 Å². The molecule has 3 N–H and O–H groups in total. The zero-order chi connectivity index (χ0) is 16.2. The van der Waals surface area contributed by atoms with Gasteiger partial charge in [-0.25, -0.2) is 13.1 Å². The lowest BCUT2D eigenvalue weighted by atomic mass is 9.99. The van der Waals surface area contributed by atoms with E-state index in [1.54, 1.807) is 0 Å². The summed E-state index contributed by atoms with van der Waals surface area (Å²) >= 11 is 0. The zero-order valence-electron chi connectivity index (χ0n) is 13.3. The van der Waals surface area contributed by atoms with E-state index < -0.39 is 10.0 Å². The van der Waals surface area contributed by atoms with Crippen LogP contribution in [0.15, 0.2) is 24.3 Å². The lowest BCUT2D eigenvalue weighted by molar-refractivity contribution is 0.188. The molecule has 0 bridgehead atoms. The van der Waals surface area contributed by atoms with Gasteiger partial charge in [0.25, 0.3) is 0 Å². The van der Waals surface area contributed by atoms with Crippen LogP contribution in [0.2, 0.25) is 0 Å². The smallest absolute Gasteiger partial charge is 0.212 e. The van der Waals surface area contributed by atoms with Crippen molar-refractivity contribution in [2.75, 3.05) is 25.5 Å². The third-order valence-electron chi connectivity index (χ3n) is 4.03. The van der Waals surface area contributed by atoms with Crippen LogP contribution < -0.4 is 10.5 Å². The molecule has 1 aromatic rings. The van der Waals surface area contributed by atoms with Gasteiger partial charge < -0.3 is 10.5 Å². The maximum absolute atomic E-state index is 12.0. The monoisotopic (exact) mass is 326 g/mol. The van der Waals surface area contributed by atoms with Gasteiger partial charge in [0.15, 0.2) is 0 Å². The molecule has 2 unspecified atom stereocenters. The van der Waals surface area contributed by atoms with E-state index in [1.807, 2.05) is 24.3 Å². The Morgan fingerprint density at radius 1 is 1.27 bits per heavy atom. The molecule has 1 saturated heterocycles. The van der Waals surface area contributed by atoms with Gasteiger partial charge in [0.1, 0.15) is 0 Å². The quantitative estimate of drug-likeness (QED) is 0.800. The summed E-state index contributed by atoms with van der Waals surface area (Å²) in [6, 6.07) is 7.70. The van der Waals surface area contributed by atoms with Crippen LogP contribution in [-0.2, 0) is 14.8 Å². The van der Waals surface area contributed by atoms with E-state index in [1.165, 1.54) is 5.56 Å². The topological polar surface area (TPSA) is 81.4 Å². The largest absolute Gasteiger partial charge is 0.381 e. The molecule has 2 rings (SSSR count). The number of ether oxygens (including phenoxy) is 1. The number of rotatable bonds is 7. The van der Waals surface area contributed by atoms with Crippen molar-refractivity contribution in [1.29, 1.82) is 0 Å². The number of benzene rings is 1. The van der Waals surface area contributed by atoms with Crippen molar-refractivity contribution in [3.05, 3.63) is 35.4 Å². The molecule has 0 aliphatic carbocycles. The molecule has 1 aliphatic rings. The van der Waals surface area contributed by atoms with Crippen molar-refractivity contribution >= 4 is 10.0 Å². The average molecular weight is 326 g/mol. The van der Waals surface area contributed by atoms with Gasteiger partial charge in [-0.1, -0.05) is 38.1 Å². The minimum atomic E-state index is -3.30. The first-order valence-electron chi connectivity index (χ1n) is 7.78. The highest BCUT2D eigenvalue weighted by molar-refractivity contribution is 7.89. The summed E-state index contributed by atoms with van der Waals surface area (Å²) < 4.78 is 31.9. The predicted octanol–water partition coefficient (Wildman–Crippen LogP) is 1.77. The lowest BCUT2D eigenvalue weighted by Gasteiger charge is -2.16. The fourth-order valence-corrected chi connectivity index (χ4v) is 3.98. The Balaban J connectivity index is 1.87. The van der Waals surface area contributed by atoms with Crippen molar-refractivity contribution in [3.63, 3.8) is 0 Å². The number of nitrogens with one attached hydrogen (secondary N) is 1. The van der Waals surface area contributed by atoms with E-state index in [4.69, 9.17) is 10.5 Å².